The van der Waals surface area contributed by atoms with E-state index in [0.29, 0.717) is 23.7 Å². The minimum atomic E-state index is -0.443. The molecule has 10 heteroatoms. The van der Waals surface area contributed by atoms with Gasteiger partial charge in [-0.3, -0.25) is 9.89 Å². The standard InChI is InChI=1S/C20H23ClFN7O/c1-2-17-16(27-19-15-9-26-28-20(15)25-11-24-19)4-3-5-29(17)18(30)10-23-14-7-12(21)6-13(22)8-14/h6-9,11,16-17,23H,2-5,10H2,1H3,(H2,24,25,26,27,28). The normalized spacial score (nSPS) is 19.1. The van der Waals surface area contributed by atoms with Crippen molar-refractivity contribution in [3.8, 4) is 0 Å². The van der Waals surface area contributed by atoms with Gasteiger partial charge in [0, 0.05) is 23.3 Å². The van der Waals surface area contributed by atoms with Gasteiger partial charge in [0.05, 0.1) is 24.2 Å². The number of carbonyl (C=O) groups is 1. The average molecular weight is 432 g/mol. The van der Waals surface area contributed by atoms with Crippen LogP contribution in [-0.4, -0.2) is 56.1 Å². The molecule has 3 aromatic rings. The predicted octanol–water partition coefficient (Wildman–Crippen LogP) is 3.44. The number of aromatic amines is 1. The van der Waals surface area contributed by atoms with Gasteiger partial charge in [-0.25, -0.2) is 14.4 Å². The van der Waals surface area contributed by atoms with Gasteiger partial charge < -0.3 is 15.5 Å². The number of hydrogen-bond acceptors (Lipinski definition) is 6. The van der Waals surface area contributed by atoms with Crippen LogP contribution in [0.15, 0.2) is 30.7 Å². The van der Waals surface area contributed by atoms with Gasteiger partial charge in [-0.2, -0.15) is 5.10 Å². The third-order valence-electron chi connectivity index (χ3n) is 5.39. The molecule has 0 spiro atoms. The fourth-order valence-electron chi connectivity index (χ4n) is 4.03. The first-order valence-corrected chi connectivity index (χ1v) is 10.3. The molecular formula is C20H23ClFN7O. The van der Waals surface area contributed by atoms with Gasteiger partial charge in [0.1, 0.15) is 18.0 Å². The first-order valence-electron chi connectivity index (χ1n) is 9.95. The summed E-state index contributed by atoms with van der Waals surface area (Å²) in [5.41, 5.74) is 1.15. The molecule has 0 bridgehead atoms. The molecule has 1 aliphatic heterocycles. The number of carbonyl (C=O) groups excluding carboxylic acids is 1. The van der Waals surface area contributed by atoms with Gasteiger partial charge in [0.15, 0.2) is 5.65 Å². The summed E-state index contributed by atoms with van der Waals surface area (Å²) >= 11 is 5.89. The maximum absolute atomic E-state index is 13.5. The van der Waals surface area contributed by atoms with Gasteiger partial charge in [-0.1, -0.05) is 18.5 Å². The number of nitrogens with zero attached hydrogens (tertiary/aromatic N) is 4. The Bertz CT molecular complexity index is 1020. The third-order valence-corrected chi connectivity index (χ3v) is 5.61. The zero-order chi connectivity index (χ0) is 21.1. The zero-order valence-corrected chi connectivity index (χ0v) is 17.3. The Morgan fingerprint density at radius 1 is 1.37 bits per heavy atom. The molecule has 2 aromatic heterocycles. The van der Waals surface area contributed by atoms with E-state index in [-0.39, 0.29) is 29.6 Å². The fourth-order valence-corrected chi connectivity index (χ4v) is 4.25. The van der Waals surface area contributed by atoms with Gasteiger partial charge >= 0.3 is 0 Å². The van der Waals surface area contributed by atoms with Crippen LogP contribution in [0.3, 0.4) is 0 Å². The number of hydrogen-bond donors (Lipinski definition) is 3. The van der Waals surface area contributed by atoms with Crippen molar-refractivity contribution < 1.29 is 9.18 Å². The van der Waals surface area contributed by atoms with E-state index in [1.165, 1.54) is 18.5 Å². The van der Waals surface area contributed by atoms with Crippen LogP contribution in [-0.2, 0) is 4.79 Å². The summed E-state index contributed by atoms with van der Waals surface area (Å²) in [5, 5.41) is 14.4. The van der Waals surface area contributed by atoms with Crippen molar-refractivity contribution in [3.63, 3.8) is 0 Å². The number of aromatic nitrogens is 4. The molecule has 1 amide bonds. The highest BCUT2D eigenvalue weighted by Gasteiger charge is 2.33. The van der Waals surface area contributed by atoms with Crippen LogP contribution in [0.1, 0.15) is 26.2 Å². The minimum Gasteiger partial charge on any atom is -0.376 e. The highest BCUT2D eigenvalue weighted by Crippen LogP contribution is 2.26. The number of fused-ring (bicyclic) bond motifs is 1. The highest BCUT2D eigenvalue weighted by atomic mass is 35.5. The molecule has 0 aliphatic carbocycles. The topological polar surface area (TPSA) is 98.8 Å². The van der Waals surface area contributed by atoms with Gasteiger partial charge in [-0.15, -0.1) is 0 Å². The lowest BCUT2D eigenvalue weighted by molar-refractivity contribution is -0.133. The summed E-state index contributed by atoms with van der Waals surface area (Å²) in [5.74, 6) is 0.227. The monoisotopic (exact) mass is 431 g/mol. The number of rotatable bonds is 6. The molecule has 3 N–H and O–H groups in total. The number of H-pyrrole nitrogens is 1. The fraction of sp³-hybridized carbons (Fsp3) is 0.400. The third kappa shape index (κ3) is 4.30. The summed E-state index contributed by atoms with van der Waals surface area (Å²) in [4.78, 5) is 23.4. The summed E-state index contributed by atoms with van der Waals surface area (Å²) in [6.45, 7) is 2.83. The van der Waals surface area contributed by atoms with Crippen LogP contribution in [0.5, 0.6) is 0 Å². The van der Waals surface area contributed by atoms with Crippen molar-refractivity contribution in [1.29, 1.82) is 0 Å². The Labute approximate surface area is 178 Å². The molecule has 158 valence electrons. The number of benzene rings is 1. The van der Waals surface area contributed by atoms with Gasteiger partial charge in [0.2, 0.25) is 5.91 Å². The van der Waals surface area contributed by atoms with Crippen LogP contribution < -0.4 is 10.6 Å². The summed E-state index contributed by atoms with van der Waals surface area (Å²) in [6, 6.07) is 4.22. The van der Waals surface area contributed by atoms with Crippen LogP contribution in [0.2, 0.25) is 5.02 Å². The Morgan fingerprint density at radius 3 is 3.03 bits per heavy atom. The molecule has 3 heterocycles. The summed E-state index contributed by atoms with van der Waals surface area (Å²) in [6.07, 6.45) is 5.79. The molecule has 1 fully saturated rings. The second-order valence-electron chi connectivity index (χ2n) is 7.32. The summed E-state index contributed by atoms with van der Waals surface area (Å²) in [7, 11) is 0. The molecule has 8 nitrogen and oxygen atoms in total. The Kier molecular flexibility index (Phi) is 5.98. The first-order chi connectivity index (χ1) is 14.5. The average Bonchev–Trinajstić information content (AvgIpc) is 3.21. The number of likely N-dealkylation sites (tertiary alicyclic amines) is 1. The molecule has 1 aliphatic rings. The second kappa shape index (κ2) is 8.83. The number of halogens is 2. The smallest absolute Gasteiger partial charge is 0.242 e. The molecule has 2 atom stereocenters. The molecule has 1 saturated heterocycles. The zero-order valence-electron chi connectivity index (χ0n) is 16.5. The van der Waals surface area contributed by atoms with E-state index in [2.05, 4.69) is 37.7 Å². The molecule has 0 radical (unpaired) electrons. The quantitative estimate of drug-likeness (QED) is 0.553. The highest BCUT2D eigenvalue weighted by molar-refractivity contribution is 6.30. The number of anilines is 2. The van der Waals surface area contributed by atoms with E-state index >= 15 is 0 Å². The van der Waals surface area contributed by atoms with Gasteiger partial charge in [-0.05, 0) is 37.5 Å². The Balaban J connectivity index is 1.45. The largest absolute Gasteiger partial charge is 0.376 e. The van der Waals surface area contributed by atoms with E-state index in [4.69, 9.17) is 11.6 Å². The van der Waals surface area contributed by atoms with E-state index in [9.17, 15) is 9.18 Å². The Morgan fingerprint density at radius 2 is 2.23 bits per heavy atom. The summed E-state index contributed by atoms with van der Waals surface area (Å²) < 4.78 is 13.5. The van der Waals surface area contributed by atoms with Crippen molar-refractivity contribution in [2.24, 2.45) is 0 Å². The van der Waals surface area contributed by atoms with Crippen LogP contribution >= 0.6 is 11.6 Å². The molecule has 1 aromatic carbocycles. The van der Waals surface area contributed by atoms with Crippen molar-refractivity contribution in [1.82, 2.24) is 25.1 Å². The lowest BCUT2D eigenvalue weighted by atomic mass is 9.93. The molecule has 30 heavy (non-hydrogen) atoms. The molecular weight excluding hydrogens is 409 g/mol. The van der Waals surface area contributed by atoms with Crippen molar-refractivity contribution in [3.05, 3.63) is 41.6 Å². The number of piperidine rings is 1. The predicted molar refractivity (Wildman–Crippen MR) is 114 cm³/mol. The van der Waals surface area contributed by atoms with Gasteiger partial charge in [0.25, 0.3) is 0 Å². The van der Waals surface area contributed by atoms with Crippen molar-refractivity contribution in [2.75, 3.05) is 23.7 Å². The minimum absolute atomic E-state index is 0.0149. The second-order valence-corrected chi connectivity index (χ2v) is 7.76. The van der Waals surface area contributed by atoms with Crippen molar-refractivity contribution >= 4 is 40.0 Å². The number of nitrogens with one attached hydrogen (secondary N) is 3. The molecule has 4 rings (SSSR count). The number of amides is 1. The van der Waals surface area contributed by atoms with Crippen LogP contribution in [0, 0.1) is 5.82 Å². The van der Waals surface area contributed by atoms with E-state index in [0.717, 1.165) is 24.6 Å². The SMILES string of the molecule is CCC1C(Nc2ncnc3[nH]ncc23)CCCN1C(=O)CNc1cc(F)cc(Cl)c1. The maximum atomic E-state index is 13.5. The van der Waals surface area contributed by atoms with E-state index < -0.39 is 5.82 Å². The van der Waals surface area contributed by atoms with Crippen LogP contribution in [0.25, 0.3) is 11.0 Å². The van der Waals surface area contributed by atoms with E-state index in [1.54, 1.807) is 12.3 Å². The maximum Gasteiger partial charge on any atom is 0.242 e. The first kappa shape index (κ1) is 20.3. The lowest BCUT2D eigenvalue weighted by Gasteiger charge is -2.41. The Hall–Kier alpha value is -2.94. The van der Waals surface area contributed by atoms with E-state index in [1.807, 2.05) is 4.90 Å². The van der Waals surface area contributed by atoms with Crippen molar-refractivity contribution in [2.45, 2.75) is 38.3 Å². The van der Waals surface area contributed by atoms with Crippen LogP contribution in [0.4, 0.5) is 15.9 Å². The molecule has 2 unspecified atom stereocenters. The molecule has 0 saturated carbocycles. The lowest BCUT2D eigenvalue weighted by Crippen LogP contribution is -2.54.